The van der Waals surface area contributed by atoms with Crippen LogP contribution in [0.25, 0.3) is 11.0 Å². The van der Waals surface area contributed by atoms with Gasteiger partial charge < -0.3 is 15.5 Å². The molecular formula is C25H26N6OS. The smallest absolute Gasteiger partial charge is 0.252 e. The van der Waals surface area contributed by atoms with Gasteiger partial charge in [-0.15, -0.1) is 11.8 Å². The molecule has 1 aliphatic heterocycles. The summed E-state index contributed by atoms with van der Waals surface area (Å²) in [4.78, 5) is 25.4. The van der Waals surface area contributed by atoms with Gasteiger partial charge in [0, 0.05) is 60.1 Å². The van der Waals surface area contributed by atoms with Gasteiger partial charge in [0.2, 0.25) is 5.95 Å². The normalized spacial score (nSPS) is 13.9. The second-order valence-corrected chi connectivity index (χ2v) is 8.87. The van der Waals surface area contributed by atoms with E-state index in [1.165, 1.54) is 10.6 Å². The zero-order chi connectivity index (χ0) is 22.6. The number of fused-ring (bicyclic) bond motifs is 1. The summed E-state index contributed by atoms with van der Waals surface area (Å²) in [7, 11) is 0. The number of thioether (sulfide) groups is 1. The predicted octanol–water partition coefficient (Wildman–Crippen LogP) is 3.71. The summed E-state index contributed by atoms with van der Waals surface area (Å²) >= 11 is 1.70. The van der Waals surface area contributed by atoms with E-state index in [-0.39, 0.29) is 5.56 Å². The van der Waals surface area contributed by atoms with E-state index < -0.39 is 0 Å². The Morgan fingerprint density at radius 2 is 1.76 bits per heavy atom. The second-order valence-electron chi connectivity index (χ2n) is 7.99. The van der Waals surface area contributed by atoms with Gasteiger partial charge in [-0.05, 0) is 54.3 Å². The highest BCUT2D eigenvalue weighted by Crippen LogP contribution is 2.21. The average molecular weight is 459 g/mol. The lowest BCUT2D eigenvalue weighted by atomic mass is 10.2. The lowest BCUT2D eigenvalue weighted by molar-refractivity contribution is 0.589. The highest BCUT2D eigenvalue weighted by molar-refractivity contribution is 7.98. The molecule has 0 radical (unpaired) electrons. The molecule has 5 rings (SSSR count). The first-order chi connectivity index (χ1) is 16.2. The second kappa shape index (κ2) is 9.64. The van der Waals surface area contributed by atoms with E-state index in [1.54, 1.807) is 34.7 Å². The van der Waals surface area contributed by atoms with Crippen LogP contribution in [0, 0.1) is 0 Å². The molecule has 0 saturated carbocycles. The Labute approximate surface area is 196 Å². The third kappa shape index (κ3) is 4.86. The van der Waals surface area contributed by atoms with Gasteiger partial charge in [0.15, 0.2) is 0 Å². The Bertz CT molecular complexity index is 1300. The van der Waals surface area contributed by atoms with E-state index in [2.05, 4.69) is 56.9 Å². The zero-order valence-electron chi connectivity index (χ0n) is 18.5. The molecule has 0 bridgehead atoms. The Kier molecular flexibility index (Phi) is 6.28. The van der Waals surface area contributed by atoms with Crippen LogP contribution in [-0.2, 0) is 6.54 Å². The van der Waals surface area contributed by atoms with E-state index in [9.17, 15) is 4.79 Å². The standard InChI is InChI=1S/C25H26N6OS/c1-33-22-9-2-18(3-10-22)17-31-23(32)11-4-19-16-27-25(29-24(19)31)28-20-5-7-21(8-6-20)30-14-12-26-13-15-30/h2-11,16,26H,12-15,17H2,1H3,(H,27,28,29). The van der Waals surface area contributed by atoms with Crippen molar-refractivity contribution in [3.63, 3.8) is 0 Å². The van der Waals surface area contributed by atoms with Crippen molar-refractivity contribution in [2.24, 2.45) is 0 Å². The number of piperazine rings is 1. The van der Waals surface area contributed by atoms with Gasteiger partial charge in [0.1, 0.15) is 5.65 Å². The molecule has 2 aromatic carbocycles. The summed E-state index contributed by atoms with van der Waals surface area (Å²) in [5.41, 5.74) is 3.71. The average Bonchev–Trinajstić information content (AvgIpc) is 2.87. The van der Waals surface area contributed by atoms with Gasteiger partial charge in [-0.1, -0.05) is 12.1 Å². The van der Waals surface area contributed by atoms with Crippen LogP contribution in [0.15, 0.2) is 76.6 Å². The summed E-state index contributed by atoms with van der Waals surface area (Å²) in [6.07, 6.45) is 3.81. The molecule has 1 aliphatic rings. The van der Waals surface area contributed by atoms with E-state index in [0.29, 0.717) is 18.1 Å². The minimum absolute atomic E-state index is 0.0820. The molecule has 0 aliphatic carbocycles. The largest absolute Gasteiger partial charge is 0.369 e. The number of hydrogen-bond donors (Lipinski definition) is 2. The topological polar surface area (TPSA) is 75.1 Å². The van der Waals surface area contributed by atoms with Crippen LogP contribution in [0.3, 0.4) is 0 Å². The number of pyridine rings is 1. The maximum Gasteiger partial charge on any atom is 0.252 e. The first-order valence-electron chi connectivity index (χ1n) is 11.0. The molecule has 33 heavy (non-hydrogen) atoms. The van der Waals surface area contributed by atoms with Gasteiger partial charge in [-0.2, -0.15) is 4.98 Å². The van der Waals surface area contributed by atoms with Crippen LogP contribution >= 0.6 is 11.8 Å². The van der Waals surface area contributed by atoms with Crippen LogP contribution < -0.4 is 21.1 Å². The molecule has 2 aromatic heterocycles. The molecule has 0 spiro atoms. The highest BCUT2D eigenvalue weighted by Gasteiger charge is 2.11. The zero-order valence-corrected chi connectivity index (χ0v) is 19.3. The van der Waals surface area contributed by atoms with Crippen molar-refractivity contribution in [3.05, 3.63) is 82.8 Å². The maximum absolute atomic E-state index is 12.7. The Balaban J connectivity index is 1.40. The summed E-state index contributed by atoms with van der Waals surface area (Å²) in [6.45, 7) is 4.50. The number of nitrogens with zero attached hydrogens (tertiary/aromatic N) is 4. The molecule has 0 amide bonds. The van der Waals surface area contributed by atoms with E-state index in [4.69, 9.17) is 4.98 Å². The third-order valence-corrected chi connectivity index (χ3v) is 6.57. The van der Waals surface area contributed by atoms with Crippen molar-refractivity contribution in [1.29, 1.82) is 0 Å². The fraction of sp³-hybridized carbons (Fsp3) is 0.240. The van der Waals surface area contributed by atoms with E-state index in [1.807, 2.05) is 18.4 Å². The number of aromatic nitrogens is 3. The van der Waals surface area contributed by atoms with Gasteiger partial charge in [-0.3, -0.25) is 9.36 Å². The van der Waals surface area contributed by atoms with Crippen molar-refractivity contribution in [1.82, 2.24) is 19.9 Å². The fourth-order valence-corrected chi connectivity index (χ4v) is 4.41. The third-order valence-electron chi connectivity index (χ3n) is 5.83. The molecule has 8 heteroatoms. The molecule has 7 nitrogen and oxygen atoms in total. The van der Waals surface area contributed by atoms with E-state index in [0.717, 1.165) is 42.8 Å². The van der Waals surface area contributed by atoms with Crippen molar-refractivity contribution in [3.8, 4) is 0 Å². The van der Waals surface area contributed by atoms with Gasteiger partial charge >= 0.3 is 0 Å². The van der Waals surface area contributed by atoms with Gasteiger partial charge in [-0.25, -0.2) is 4.98 Å². The minimum Gasteiger partial charge on any atom is -0.369 e. The Morgan fingerprint density at radius 1 is 1.00 bits per heavy atom. The van der Waals surface area contributed by atoms with Crippen LogP contribution in [0.1, 0.15) is 5.56 Å². The Hall–Kier alpha value is -3.36. The highest BCUT2D eigenvalue weighted by atomic mass is 32.2. The SMILES string of the molecule is CSc1ccc(Cn2c(=O)ccc3cnc(Nc4ccc(N5CCNCC5)cc4)nc32)cc1. The number of rotatable bonds is 6. The van der Waals surface area contributed by atoms with Crippen LogP contribution in [-0.4, -0.2) is 47.0 Å². The lowest BCUT2D eigenvalue weighted by Gasteiger charge is -2.29. The lowest BCUT2D eigenvalue weighted by Crippen LogP contribution is -2.43. The summed E-state index contributed by atoms with van der Waals surface area (Å²) in [5, 5.41) is 7.49. The van der Waals surface area contributed by atoms with Crippen LogP contribution in [0.5, 0.6) is 0 Å². The fourth-order valence-electron chi connectivity index (χ4n) is 4.01. The molecule has 0 atom stereocenters. The number of anilines is 3. The molecule has 1 fully saturated rings. The predicted molar refractivity (Wildman–Crippen MR) is 136 cm³/mol. The first-order valence-corrected chi connectivity index (χ1v) is 12.2. The van der Waals surface area contributed by atoms with E-state index >= 15 is 0 Å². The Morgan fingerprint density at radius 3 is 2.48 bits per heavy atom. The number of benzene rings is 2. The summed E-state index contributed by atoms with van der Waals surface area (Å²) in [5.74, 6) is 0.467. The molecule has 0 unspecified atom stereocenters. The number of hydrogen-bond acceptors (Lipinski definition) is 7. The van der Waals surface area contributed by atoms with Crippen LogP contribution in [0.4, 0.5) is 17.3 Å². The molecule has 3 heterocycles. The molecular weight excluding hydrogens is 432 g/mol. The monoisotopic (exact) mass is 458 g/mol. The maximum atomic E-state index is 12.7. The quantitative estimate of drug-likeness (QED) is 0.427. The molecule has 2 N–H and O–H groups in total. The number of nitrogens with one attached hydrogen (secondary N) is 2. The van der Waals surface area contributed by atoms with Gasteiger partial charge in [0.25, 0.3) is 5.56 Å². The van der Waals surface area contributed by atoms with Crippen molar-refractivity contribution < 1.29 is 0 Å². The van der Waals surface area contributed by atoms with Crippen molar-refractivity contribution in [2.75, 3.05) is 42.7 Å². The summed E-state index contributed by atoms with van der Waals surface area (Å²) < 4.78 is 1.70. The molecule has 168 valence electrons. The van der Waals surface area contributed by atoms with Crippen molar-refractivity contribution in [2.45, 2.75) is 11.4 Å². The summed E-state index contributed by atoms with van der Waals surface area (Å²) in [6, 6.07) is 19.9. The molecule has 1 saturated heterocycles. The minimum atomic E-state index is -0.0820. The van der Waals surface area contributed by atoms with Crippen molar-refractivity contribution >= 4 is 40.1 Å². The van der Waals surface area contributed by atoms with Crippen LogP contribution in [0.2, 0.25) is 0 Å². The molecule has 4 aromatic rings. The van der Waals surface area contributed by atoms with Gasteiger partial charge in [0.05, 0.1) is 6.54 Å². The first kappa shape index (κ1) is 21.5.